The molecule has 1 aliphatic rings. The normalized spacial score (nSPS) is 20.7. The Morgan fingerprint density at radius 1 is 1.45 bits per heavy atom. The molecule has 2 heterocycles. The zero-order valence-corrected chi connectivity index (χ0v) is 11.7. The Balaban J connectivity index is 1.69. The van der Waals surface area contributed by atoms with E-state index in [2.05, 4.69) is 22.2 Å². The number of aromatic nitrogens is 3. The van der Waals surface area contributed by atoms with Gasteiger partial charge in [-0.2, -0.15) is 0 Å². The van der Waals surface area contributed by atoms with Crippen molar-refractivity contribution in [2.45, 2.75) is 26.8 Å². The first kappa shape index (κ1) is 12.8. The summed E-state index contributed by atoms with van der Waals surface area (Å²) in [6.45, 7) is 4.59. The summed E-state index contributed by atoms with van der Waals surface area (Å²) >= 11 is 0. The molecular weight excluding hydrogens is 252 g/mol. The number of carbonyl (C=O) groups excluding carboxylic acids is 1. The van der Waals surface area contributed by atoms with Crippen LogP contribution in [0.15, 0.2) is 30.7 Å². The quantitative estimate of drug-likeness (QED) is 0.922. The Morgan fingerprint density at radius 2 is 2.25 bits per heavy atom. The second-order valence-electron chi connectivity index (χ2n) is 5.40. The fraction of sp³-hybridized carbons (Fsp3) is 0.400. The van der Waals surface area contributed by atoms with E-state index in [0.29, 0.717) is 12.5 Å². The Morgan fingerprint density at radius 3 is 2.90 bits per heavy atom. The third kappa shape index (κ3) is 2.57. The van der Waals surface area contributed by atoms with Crippen LogP contribution < -0.4 is 5.32 Å². The molecule has 2 atom stereocenters. The number of nitrogens with one attached hydrogen (secondary N) is 1. The monoisotopic (exact) mass is 270 g/mol. The number of hydrogen-bond acceptors (Lipinski definition) is 3. The third-order valence-corrected chi connectivity index (χ3v) is 3.80. The van der Waals surface area contributed by atoms with Crippen LogP contribution >= 0.6 is 0 Å². The van der Waals surface area contributed by atoms with E-state index in [-0.39, 0.29) is 11.8 Å². The predicted octanol–water partition coefficient (Wildman–Crippen LogP) is 1.85. The summed E-state index contributed by atoms with van der Waals surface area (Å²) in [5.74, 6) is 2.63. The number of carbonyl (C=O) groups is 1. The molecule has 5 heteroatoms. The van der Waals surface area contributed by atoms with Gasteiger partial charge in [-0.3, -0.25) is 9.36 Å². The Kier molecular flexibility index (Phi) is 3.26. The minimum absolute atomic E-state index is 0.162. The summed E-state index contributed by atoms with van der Waals surface area (Å²) in [7, 11) is 0. The average molecular weight is 270 g/mol. The summed E-state index contributed by atoms with van der Waals surface area (Å²) in [5.41, 5.74) is 1.05. The summed E-state index contributed by atoms with van der Waals surface area (Å²) in [5, 5.41) is 2.99. The average Bonchev–Trinajstić information content (AvgIpc) is 3.02. The number of pyridine rings is 1. The van der Waals surface area contributed by atoms with Crippen molar-refractivity contribution in [3.8, 4) is 5.82 Å². The van der Waals surface area contributed by atoms with Crippen LogP contribution in [0, 0.1) is 18.8 Å². The molecule has 0 aliphatic heterocycles. The minimum atomic E-state index is 0.162. The van der Waals surface area contributed by atoms with Gasteiger partial charge in [0, 0.05) is 31.1 Å². The molecule has 1 saturated carbocycles. The molecule has 1 aliphatic carbocycles. The van der Waals surface area contributed by atoms with Crippen LogP contribution in [0.3, 0.4) is 0 Å². The van der Waals surface area contributed by atoms with Crippen LogP contribution in [0.25, 0.3) is 5.82 Å². The lowest BCUT2D eigenvalue weighted by Gasteiger charge is -2.08. The van der Waals surface area contributed by atoms with E-state index in [1.54, 1.807) is 12.4 Å². The van der Waals surface area contributed by atoms with Gasteiger partial charge in [-0.15, -0.1) is 0 Å². The first-order valence-electron chi connectivity index (χ1n) is 6.88. The molecule has 0 bridgehead atoms. The molecule has 1 N–H and O–H groups in total. The Bertz CT molecular complexity index is 634. The fourth-order valence-electron chi connectivity index (χ4n) is 2.33. The summed E-state index contributed by atoms with van der Waals surface area (Å²) in [6.07, 6.45) is 6.41. The van der Waals surface area contributed by atoms with Gasteiger partial charge in [0.1, 0.15) is 11.6 Å². The molecule has 0 unspecified atom stereocenters. The lowest BCUT2D eigenvalue weighted by Crippen LogP contribution is -2.24. The maximum absolute atomic E-state index is 11.8. The Hall–Kier alpha value is -2.17. The summed E-state index contributed by atoms with van der Waals surface area (Å²) < 4.78 is 1.92. The van der Waals surface area contributed by atoms with Crippen LogP contribution in [-0.4, -0.2) is 20.4 Å². The van der Waals surface area contributed by atoms with Gasteiger partial charge in [-0.1, -0.05) is 6.92 Å². The molecule has 3 rings (SSSR count). The fourth-order valence-corrected chi connectivity index (χ4v) is 2.33. The maximum atomic E-state index is 11.8. The lowest BCUT2D eigenvalue weighted by molar-refractivity contribution is -0.122. The number of nitrogens with zero attached hydrogens (tertiary/aromatic N) is 3. The van der Waals surface area contributed by atoms with Crippen LogP contribution in [-0.2, 0) is 11.3 Å². The number of amides is 1. The van der Waals surface area contributed by atoms with Gasteiger partial charge in [-0.25, -0.2) is 9.97 Å². The molecule has 5 nitrogen and oxygen atoms in total. The van der Waals surface area contributed by atoms with Crippen molar-refractivity contribution in [1.29, 1.82) is 0 Å². The van der Waals surface area contributed by atoms with Crippen LogP contribution in [0.1, 0.15) is 24.7 Å². The van der Waals surface area contributed by atoms with Gasteiger partial charge >= 0.3 is 0 Å². The van der Waals surface area contributed by atoms with Crippen LogP contribution in [0.4, 0.5) is 0 Å². The third-order valence-electron chi connectivity index (χ3n) is 3.80. The minimum Gasteiger partial charge on any atom is -0.352 e. The van der Waals surface area contributed by atoms with Crippen LogP contribution in [0.2, 0.25) is 0 Å². The second kappa shape index (κ2) is 5.07. The first-order valence-corrected chi connectivity index (χ1v) is 6.88. The van der Waals surface area contributed by atoms with E-state index in [1.165, 1.54) is 0 Å². The molecule has 1 fully saturated rings. The Labute approximate surface area is 118 Å². The molecular formula is C15H18N4O. The highest BCUT2D eigenvalue weighted by molar-refractivity contribution is 5.81. The highest BCUT2D eigenvalue weighted by atomic mass is 16.2. The highest BCUT2D eigenvalue weighted by Crippen LogP contribution is 2.37. The van der Waals surface area contributed by atoms with Crippen molar-refractivity contribution in [2.24, 2.45) is 11.8 Å². The first-order chi connectivity index (χ1) is 9.65. The van der Waals surface area contributed by atoms with Gasteiger partial charge in [0.05, 0.1) is 0 Å². The molecule has 20 heavy (non-hydrogen) atoms. The summed E-state index contributed by atoms with van der Waals surface area (Å²) in [4.78, 5) is 20.3. The SMILES string of the molecule is Cc1nccn1-c1cc(CNC(=O)[C@@H]2C[C@@H]2C)ccn1. The van der Waals surface area contributed by atoms with Crippen molar-refractivity contribution in [3.05, 3.63) is 42.1 Å². The molecule has 0 aromatic carbocycles. The van der Waals surface area contributed by atoms with Crippen molar-refractivity contribution >= 4 is 5.91 Å². The predicted molar refractivity (Wildman–Crippen MR) is 75.2 cm³/mol. The van der Waals surface area contributed by atoms with Crippen molar-refractivity contribution < 1.29 is 4.79 Å². The van der Waals surface area contributed by atoms with Gasteiger partial charge in [0.25, 0.3) is 0 Å². The second-order valence-corrected chi connectivity index (χ2v) is 5.40. The topological polar surface area (TPSA) is 59.8 Å². The van der Waals surface area contributed by atoms with E-state index < -0.39 is 0 Å². The maximum Gasteiger partial charge on any atom is 0.223 e. The molecule has 104 valence electrons. The van der Waals surface area contributed by atoms with Crippen LogP contribution in [0.5, 0.6) is 0 Å². The molecule has 1 amide bonds. The van der Waals surface area contributed by atoms with E-state index >= 15 is 0 Å². The summed E-state index contributed by atoms with van der Waals surface area (Å²) in [6, 6.07) is 3.90. The van der Waals surface area contributed by atoms with Gasteiger partial charge in [0.15, 0.2) is 0 Å². The molecule has 0 spiro atoms. The standard InChI is InChI=1S/C15H18N4O/c1-10-7-13(10)15(20)18-9-12-3-4-17-14(8-12)19-6-5-16-11(19)2/h3-6,8,10,13H,7,9H2,1-2H3,(H,18,20)/t10-,13+/m0/s1. The van der Waals surface area contributed by atoms with Crippen molar-refractivity contribution in [1.82, 2.24) is 19.9 Å². The number of hydrogen-bond donors (Lipinski definition) is 1. The van der Waals surface area contributed by atoms with E-state index in [9.17, 15) is 4.79 Å². The zero-order valence-electron chi connectivity index (χ0n) is 11.7. The molecule has 2 aromatic rings. The smallest absolute Gasteiger partial charge is 0.223 e. The van der Waals surface area contributed by atoms with Gasteiger partial charge < -0.3 is 5.32 Å². The number of rotatable bonds is 4. The molecule has 2 aromatic heterocycles. The van der Waals surface area contributed by atoms with Gasteiger partial charge in [0.2, 0.25) is 5.91 Å². The van der Waals surface area contributed by atoms with Gasteiger partial charge in [-0.05, 0) is 37.0 Å². The highest BCUT2D eigenvalue weighted by Gasteiger charge is 2.38. The van der Waals surface area contributed by atoms with Crippen molar-refractivity contribution in [3.63, 3.8) is 0 Å². The van der Waals surface area contributed by atoms with Crippen molar-refractivity contribution in [2.75, 3.05) is 0 Å². The largest absolute Gasteiger partial charge is 0.352 e. The molecule has 0 saturated heterocycles. The lowest BCUT2D eigenvalue weighted by atomic mass is 10.2. The zero-order chi connectivity index (χ0) is 14.1. The van der Waals surface area contributed by atoms with E-state index in [1.807, 2.05) is 29.8 Å². The number of aryl methyl sites for hydroxylation is 1. The molecule has 0 radical (unpaired) electrons. The van der Waals surface area contributed by atoms with E-state index in [4.69, 9.17) is 0 Å². The number of imidazole rings is 1. The van der Waals surface area contributed by atoms with E-state index in [0.717, 1.165) is 23.6 Å².